The van der Waals surface area contributed by atoms with E-state index in [4.69, 9.17) is 5.73 Å². The molecule has 29 nitrogen and oxygen atoms in total. The van der Waals surface area contributed by atoms with Crippen LogP contribution in [0.15, 0.2) is 0 Å². The van der Waals surface area contributed by atoms with Crippen molar-refractivity contribution in [3.05, 3.63) is 0 Å². The number of amides is 7. The van der Waals surface area contributed by atoms with Crippen molar-refractivity contribution in [2.75, 3.05) is 250 Å². The largest absolute Gasteiger partial charge is 0.368 e. The first kappa shape index (κ1) is 109. The molecule has 0 unspecified atom stereocenters. The fraction of sp³-hybridized carbons (Fsp3) is 0.919. The van der Waals surface area contributed by atoms with E-state index in [2.05, 4.69) is 55.3 Å². The number of likely N-dealkylation sites (N-methyl/N-ethyl adjacent to an activating group) is 5. The Morgan fingerprint density at radius 1 is 0.271 bits per heavy atom. The summed E-state index contributed by atoms with van der Waals surface area (Å²) in [5.41, 5.74) is 7.40. The first-order valence-corrected chi connectivity index (χ1v) is 46.0. The number of halogens is 14. The predicted octanol–water partition coefficient (Wildman–Crippen LogP) is 4.45. The fourth-order valence-corrected chi connectivity index (χ4v) is 20.9. The molecule has 129 heavy (non-hydrogen) atoms. The quantitative estimate of drug-likeness (QED) is 0.131. The molecule has 0 radical (unpaired) electrons. The molecule has 14 fully saturated rings. The number of carbonyl (C=O) groups is 7. The molecule has 0 aliphatic carbocycles. The molecule has 43 heteroatoms. The Labute approximate surface area is 754 Å². The SMILES string of the molecule is CN1CCC(N2CC(F)(F)C[C@@H]2C(=O)N(C)C)CC1.CN1CCC(N2CC(F)(F)C[C@@H]2C(=O)N(C)C)CC1.CN1CCC(N2CC(F)(F)C[C@@H]2C(N)=O)CC1.CN1CCC(N2CC(F)(F)C[C@H]2C(=O)N(C)C)CC1.CNC(=O)[C@@H]1CC(F)(F)CN1C1CCN(C)CC1.CNC(=O)[C@H]1CC(F)(F)CN1C1CCN(C)CC1.CONC(=O)[C@H]1CC(F)(F)CN1C1CCN(C)CC1. The van der Waals surface area contributed by atoms with Crippen molar-refractivity contribution < 1.29 is 99.9 Å². The molecule has 5 N–H and O–H groups in total. The molecule has 0 aromatic heterocycles. The van der Waals surface area contributed by atoms with Crippen LogP contribution in [-0.2, 0) is 38.4 Å². The van der Waals surface area contributed by atoms with Crippen molar-refractivity contribution in [3.8, 4) is 0 Å². The van der Waals surface area contributed by atoms with Crippen LogP contribution in [0.2, 0.25) is 0 Å². The molecule has 0 spiro atoms. The van der Waals surface area contributed by atoms with Gasteiger partial charge in [0, 0.05) is 144 Å². The summed E-state index contributed by atoms with van der Waals surface area (Å²) in [6.45, 7) is 10.6. The van der Waals surface area contributed by atoms with Crippen molar-refractivity contribution in [1.29, 1.82) is 0 Å². The minimum absolute atomic E-state index is 0.0529. The van der Waals surface area contributed by atoms with Crippen LogP contribution < -0.4 is 21.8 Å². The van der Waals surface area contributed by atoms with E-state index >= 15 is 0 Å². The van der Waals surface area contributed by atoms with Crippen LogP contribution in [0.4, 0.5) is 61.5 Å². The third-order valence-electron chi connectivity index (χ3n) is 28.4. The van der Waals surface area contributed by atoms with Gasteiger partial charge in [-0.25, -0.2) is 66.9 Å². The fourth-order valence-electron chi connectivity index (χ4n) is 20.9. The normalized spacial score (nSPS) is 30.2. The summed E-state index contributed by atoms with van der Waals surface area (Å²) in [4.78, 5) is 119. The lowest BCUT2D eigenvalue weighted by molar-refractivity contribution is -0.137. The summed E-state index contributed by atoms with van der Waals surface area (Å²) in [7, 11) is 28.3. The van der Waals surface area contributed by atoms with Crippen molar-refractivity contribution in [2.24, 2.45) is 5.73 Å². The van der Waals surface area contributed by atoms with Crippen LogP contribution in [0, 0.1) is 0 Å². The molecule has 0 bridgehead atoms. The summed E-state index contributed by atoms with van der Waals surface area (Å²) >= 11 is 0. The van der Waals surface area contributed by atoms with Gasteiger partial charge in [-0.05, 0) is 231 Å². The number of likely N-dealkylation sites (tertiary alicyclic amines) is 14. The molecule has 14 heterocycles. The number of carbonyl (C=O) groups excluding carboxylic acids is 7. The molecule has 0 aromatic carbocycles. The van der Waals surface area contributed by atoms with Crippen LogP contribution in [0.25, 0.3) is 0 Å². The molecule has 14 aliphatic heterocycles. The standard InChI is InChI=1S/3C13H23F2N3O.C12H21F2N3O2.2C12H21F2N3O.C11H19F2N3O/c3*1-16(2)12(19)11-8-13(14,15)9-18(11)10-4-6-17(3)7-5-10;1-16-5-3-9(4-6-16)17-8-12(13,14)7-10(17)11(18)15-19-2;2*1-15-11(18)10-7-12(13,14)8-17(10)9-3-5-16(2)6-4-9;1-15-4-2-8(3-5-15)16-7-11(12,13)6-9(16)10(14)17/h3*10-11H,4-9H2,1-3H3;9-10H,3-8H2,1-2H3,(H,15,18);2*9-10H,3-8H2,1-2H3,(H,15,18);8-9H,2-7H2,1H3,(H2,14,17)/t3*11-;3*10-;9-/m1101101/s1. The second kappa shape index (κ2) is 47.0. The van der Waals surface area contributed by atoms with Crippen LogP contribution in [0.1, 0.15) is 135 Å². The summed E-state index contributed by atoms with van der Waals surface area (Å²) in [6.07, 6.45) is 9.39. The van der Waals surface area contributed by atoms with Gasteiger partial charge in [0.1, 0.15) is 0 Å². The van der Waals surface area contributed by atoms with Crippen molar-refractivity contribution >= 4 is 41.4 Å². The van der Waals surface area contributed by atoms with Gasteiger partial charge in [0.15, 0.2) is 0 Å². The van der Waals surface area contributed by atoms with Crippen molar-refractivity contribution in [2.45, 2.75) is 261 Å². The van der Waals surface area contributed by atoms with Crippen LogP contribution in [0.3, 0.4) is 0 Å². The predicted molar refractivity (Wildman–Crippen MR) is 463 cm³/mol. The highest BCUT2D eigenvalue weighted by Gasteiger charge is 2.58. The number of primary amides is 1. The van der Waals surface area contributed by atoms with Gasteiger partial charge in [0.2, 0.25) is 35.4 Å². The van der Waals surface area contributed by atoms with Gasteiger partial charge >= 0.3 is 0 Å². The number of hydrogen-bond acceptors (Lipinski definition) is 22. The maximum atomic E-state index is 13.7. The summed E-state index contributed by atoms with van der Waals surface area (Å²) in [6, 6.07) is -4.22. The molecule has 0 saturated carbocycles. The highest BCUT2D eigenvalue weighted by atomic mass is 19.3. The van der Waals surface area contributed by atoms with E-state index in [0.29, 0.717) is 0 Å². The van der Waals surface area contributed by atoms with Crippen molar-refractivity contribution in [3.63, 3.8) is 0 Å². The Hall–Kier alpha value is -5.29. The lowest BCUT2D eigenvalue weighted by Crippen LogP contribution is -2.50. The summed E-state index contributed by atoms with van der Waals surface area (Å²) in [5.74, 6) is -21.5. The summed E-state index contributed by atoms with van der Waals surface area (Å²) < 4.78 is 190. The number of hydrogen-bond donors (Lipinski definition) is 4. The van der Waals surface area contributed by atoms with Crippen LogP contribution in [-0.4, -0.2) is 501 Å². The average molecular weight is 1870 g/mol. The Kier molecular flexibility index (Phi) is 39.7. The third-order valence-corrected chi connectivity index (χ3v) is 28.4. The van der Waals surface area contributed by atoms with E-state index in [9.17, 15) is 95.0 Å². The minimum Gasteiger partial charge on any atom is -0.368 e. The van der Waals surface area contributed by atoms with Gasteiger partial charge in [-0.3, -0.25) is 72.7 Å². The smallest absolute Gasteiger partial charge is 0.262 e. The molecule has 7 amide bonds. The summed E-state index contributed by atoms with van der Waals surface area (Å²) in [5, 5.41) is 5.00. The second-order valence-electron chi connectivity index (χ2n) is 39.5. The van der Waals surface area contributed by atoms with Gasteiger partial charge in [-0.2, -0.15) is 0 Å². The van der Waals surface area contributed by atoms with Gasteiger partial charge < -0.3 is 65.4 Å². The first-order valence-electron chi connectivity index (χ1n) is 46.0. The first-order chi connectivity index (χ1) is 60.1. The highest BCUT2D eigenvalue weighted by Crippen LogP contribution is 2.43. The maximum Gasteiger partial charge on any atom is 0.262 e. The molecule has 14 saturated heterocycles. The van der Waals surface area contributed by atoms with Gasteiger partial charge in [0.25, 0.3) is 47.4 Å². The van der Waals surface area contributed by atoms with E-state index in [1.165, 1.54) is 35.9 Å². The second-order valence-corrected chi connectivity index (χ2v) is 39.5. The topological polar surface area (TPSA) is 246 Å². The van der Waals surface area contributed by atoms with E-state index in [1.807, 2.05) is 49.3 Å². The lowest BCUT2D eigenvalue weighted by atomic mass is 10.0. The molecular formula is C86H151F14N21O8. The molecule has 7 atom stereocenters. The Bertz CT molecular complexity index is 3320. The third kappa shape index (κ3) is 31.6. The van der Waals surface area contributed by atoms with E-state index in [-0.39, 0.29) is 150 Å². The minimum atomic E-state index is -2.79. The van der Waals surface area contributed by atoms with Gasteiger partial charge in [-0.1, -0.05) is 0 Å². The number of piperidine rings is 7. The van der Waals surface area contributed by atoms with Crippen molar-refractivity contribution in [1.82, 2.24) is 99.4 Å². The number of nitrogens with zero attached hydrogens (tertiary/aromatic N) is 17. The highest BCUT2D eigenvalue weighted by molar-refractivity contribution is 5.85. The zero-order valence-corrected chi connectivity index (χ0v) is 79.0. The zero-order chi connectivity index (χ0) is 96.0. The molecule has 746 valence electrons. The maximum absolute atomic E-state index is 13.7. The number of nitrogens with one attached hydrogen (secondary N) is 3. The van der Waals surface area contributed by atoms with Gasteiger partial charge in [0.05, 0.1) is 95.2 Å². The number of alkyl halides is 14. The Morgan fingerprint density at radius 2 is 0.419 bits per heavy atom. The monoisotopic (exact) mass is 1870 g/mol. The van der Waals surface area contributed by atoms with Crippen LogP contribution in [0.5, 0.6) is 0 Å². The Balaban J connectivity index is 0.000000186. The van der Waals surface area contributed by atoms with Crippen LogP contribution >= 0.6 is 0 Å². The molecule has 14 aliphatic rings. The molecule has 0 aromatic rings. The lowest BCUT2D eigenvalue weighted by Gasteiger charge is -2.37. The van der Waals surface area contributed by atoms with Gasteiger partial charge in [-0.15, -0.1) is 0 Å². The zero-order valence-electron chi connectivity index (χ0n) is 79.0. The number of nitrogens with two attached hydrogens (primary N) is 1. The van der Waals surface area contributed by atoms with E-state index < -0.39 is 108 Å². The Morgan fingerprint density at radius 3 is 0.574 bits per heavy atom. The number of rotatable bonds is 15. The average Bonchev–Trinajstić information content (AvgIpc) is 1.26. The molecule has 14 rings (SSSR count). The molecular weight excluding hydrogens is 1720 g/mol. The van der Waals surface area contributed by atoms with E-state index in [1.54, 1.807) is 76.6 Å². The van der Waals surface area contributed by atoms with E-state index in [0.717, 1.165) is 182 Å². The number of hydroxylamine groups is 1.